The molecule has 1 aliphatic rings. The maximum Gasteiger partial charge on any atom is 0.339 e. The van der Waals surface area contributed by atoms with Gasteiger partial charge in [-0.3, -0.25) is 4.72 Å². The summed E-state index contributed by atoms with van der Waals surface area (Å²) in [5, 5.41) is 11.8. The number of nitrogens with one attached hydrogen (secondary N) is 1. The quantitative estimate of drug-likeness (QED) is 0.542. The molecule has 1 aliphatic carbocycles. The molecule has 1 saturated carbocycles. The fraction of sp³-hybridized carbons (Fsp3) is 0.222. The molecule has 3 aromatic rings. The van der Waals surface area contributed by atoms with Crippen LogP contribution in [-0.4, -0.2) is 41.7 Å². The van der Waals surface area contributed by atoms with E-state index in [9.17, 15) is 13.2 Å². The molecule has 11 heteroatoms. The minimum atomic E-state index is -4.01. The third-order valence-electron chi connectivity index (χ3n) is 4.42. The van der Waals surface area contributed by atoms with Gasteiger partial charge in [-0.1, -0.05) is 15.9 Å². The van der Waals surface area contributed by atoms with Gasteiger partial charge < -0.3 is 4.74 Å². The molecular weight excluding hydrogens is 462 g/mol. The molecular formula is C18H16BrN5O4S. The van der Waals surface area contributed by atoms with Crippen molar-refractivity contribution < 1.29 is 17.9 Å². The number of benzene rings is 2. The van der Waals surface area contributed by atoms with E-state index in [1.807, 2.05) is 0 Å². The number of hydrogen-bond donors (Lipinski definition) is 1. The van der Waals surface area contributed by atoms with E-state index in [2.05, 4.69) is 36.2 Å². The van der Waals surface area contributed by atoms with Gasteiger partial charge in [0.05, 0.1) is 18.7 Å². The van der Waals surface area contributed by atoms with E-state index in [-0.39, 0.29) is 10.5 Å². The molecule has 4 rings (SSSR count). The molecule has 1 aromatic heterocycles. The van der Waals surface area contributed by atoms with Crippen molar-refractivity contribution in [3.05, 3.63) is 52.5 Å². The van der Waals surface area contributed by atoms with Gasteiger partial charge in [0, 0.05) is 15.7 Å². The Hall–Kier alpha value is -2.79. The first-order valence-corrected chi connectivity index (χ1v) is 11.0. The van der Waals surface area contributed by atoms with Gasteiger partial charge >= 0.3 is 5.97 Å². The summed E-state index contributed by atoms with van der Waals surface area (Å²) >= 11 is 3.23. The van der Waals surface area contributed by atoms with E-state index in [4.69, 9.17) is 4.74 Å². The normalized spacial score (nSPS) is 13.9. The van der Waals surface area contributed by atoms with E-state index >= 15 is 0 Å². The predicted molar refractivity (Wildman–Crippen MR) is 108 cm³/mol. The minimum Gasteiger partial charge on any atom is -0.465 e. The zero-order chi connectivity index (χ0) is 20.6. The highest BCUT2D eigenvalue weighted by Crippen LogP contribution is 2.36. The fourth-order valence-corrected chi connectivity index (χ4v) is 4.45. The van der Waals surface area contributed by atoms with Gasteiger partial charge in [-0.25, -0.2) is 17.9 Å². The Morgan fingerprint density at radius 2 is 1.93 bits per heavy atom. The molecule has 1 N–H and O–H groups in total. The molecule has 9 nitrogen and oxygen atoms in total. The average molecular weight is 478 g/mol. The Bertz CT molecular complexity index is 1170. The monoisotopic (exact) mass is 477 g/mol. The highest BCUT2D eigenvalue weighted by atomic mass is 79.9. The van der Waals surface area contributed by atoms with Crippen LogP contribution >= 0.6 is 15.9 Å². The maximum atomic E-state index is 12.8. The summed E-state index contributed by atoms with van der Waals surface area (Å²) in [6.45, 7) is 0. The number of aromatic nitrogens is 4. The summed E-state index contributed by atoms with van der Waals surface area (Å²) in [6, 6.07) is 11.3. The smallest absolute Gasteiger partial charge is 0.339 e. The second-order valence-electron chi connectivity index (χ2n) is 6.49. The Morgan fingerprint density at radius 1 is 1.21 bits per heavy atom. The van der Waals surface area contributed by atoms with Gasteiger partial charge in [-0.2, -0.15) is 0 Å². The highest BCUT2D eigenvalue weighted by Gasteiger charge is 2.28. The molecule has 2 aromatic carbocycles. The summed E-state index contributed by atoms with van der Waals surface area (Å²) in [5.74, 6) is -0.100. The van der Waals surface area contributed by atoms with Crippen molar-refractivity contribution in [2.24, 2.45) is 0 Å². The van der Waals surface area contributed by atoms with E-state index in [0.717, 1.165) is 18.4 Å². The number of tetrazole rings is 1. The van der Waals surface area contributed by atoms with E-state index in [1.165, 1.54) is 19.2 Å². The summed E-state index contributed by atoms with van der Waals surface area (Å²) in [6.07, 6.45) is 2.09. The van der Waals surface area contributed by atoms with Crippen LogP contribution in [0, 0.1) is 0 Å². The van der Waals surface area contributed by atoms with Crippen molar-refractivity contribution in [1.29, 1.82) is 0 Å². The number of halogens is 1. The lowest BCUT2D eigenvalue weighted by molar-refractivity contribution is 0.0596. The maximum absolute atomic E-state index is 12.8. The largest absolute Gasteiger partial charge is 0.465 e. The molecule has 0 spiro atoms. The number of sulfonamides is 1. The van der Waals surface area contributed by atoms with Crippen LogP contribution in [0.5, 0.6) is 0 Å². The van der Waals surface area contributed by atoms with Crippen LogP contribution in [0.4, 0.5) is 5.69 Å². The van der Waals surface area contributed by atoms with Crippen molar-refractivity contribution in [3.63, 3.8) is 0 Å². The summed E-state index contributed by atoms with van der Waals surface area (Å²) in [5.41, 5.74) is 1.07. The third-order valence-corrected chi connectivity index (χ3v) is 6.35. The van der Waals surface area contributed by atoms with Crippen molar-refractivity contribution in [3.8, 4) is 11.4 Å². The van der Waals surface area contributed by atoms with Crippen LogP contribution < -0.4 is 4.72 Å². The van der Waals surface area contributed by atoms with Crippen LogP contribution in [0.3, 0.4) is 0 Å². The van der Waals surface area contributed by atoms with Crippen molar-refractivity contribution in [2.45, 2.75) is 23.8 Å². The first-order valence-electron chi connectivity index (χ1n) is 8.68. The number of rotatable bonds is 6. The minimum absolute atomic E-state index is 0.0606. The summed E-state index contributed by atoms with van der Waals surface area (Å²) < 4.78 is 35.2. The SMILES string of the molecule is COC(=O)c1cc(Br)ccc1S(=O)(=O)Nc1ccc(-c2nnnn2C2CC2)cc1. The number of nitrogens with zero attached hydrogens (tertiary/aromatic N) is 4. The Morgan fingerprint density at radius 3 is 2.59 bits per heavy atom. The van der Waals surface area contributed by atoms with E-state index < -0.39 is 16.0 Å². The lowest BCUT2D eigenvalue weighted by Gasteiger charge is -2.12. The van der Waals surface area contributed by atoms with Crippen molar-refractivity contribution >= 4 is 37.6 Å². The second kappa shape index (κ2) is 7.56. The Labute approximate surface area is 175 Å². The first-order chi connectivity index (χ1) is 13.9. The highest BCUT2D eigenvalue weighted by molar-refractivity contribution is 9.10. The lowest BCUT2D eigenvalue weighted by atomic mass is 10.2. The number of carbonyl (C=O) groups excluding carboxylic acids is 1. The average Bonchev–Trinajstić information content (AvgIpc) is 3.44. The van der Waals surface area contributed by atoms with Crippen LogP contribution in [0.2, 0.25) is 0 Å². The molecule has 0 bridgehead atoms. The van der Waals surface area contributed by atoms with E-state index in [1.54, 1.807) is 35.0 Å². The molecule has 0 amide bonds. The van der Waals surface area contributed by atoms with E-state index in [0.29, 0.717) is 22.0 Å². The van der Waals surface area contributed by atoms with Crippen LogP contribution in [-0.2, 0) is 14.8 Å². The molecule has 1 heterocycles. The third kappa shape index (κ3) is 4.01. The Kier molecular flexibility index (Phi) is 5.09. The van der Waals surface area contributed by atoms with Gasteiger partial charge in [0.1, 0.15) is 4.90 Å². The zero-order valence-corrected chi connectivity index (χ0v) is 17.6. The molecule has 150 valence electrons. The van der Waals surface area contributed by atoms with Crippen molar-refractivity contribution in [1.82, 2.24) is 20.2 Å². The lowest BCUT2D eigenvalue weighted by Crippen LogP contribution is -2.17. The summed E-state index contributed by atoms with van der Waals surface area (Å²) in [4.78, 5) is 11.8. The number of anilines is 1. The van der Waals surface area contributed by atoms with Gasteiger partial charge in [0.2, 0.25) is 0 Å². The van der Waals surface area contributed by atoms with Gasteiger partial charge in [-0.15, -0.1) is 5.10 Å². The fourth-order valence-electron chi connectivity index (χ4n) is 2.85. The van der Waals surface area contributed by atoms with Gasteiger partial charge in [-0.05, 0) is 65.7 Å². The van der Waals surface area contributed by atoms with Gasteiger partial charge in [0.25, 0.3) is 10.0 Å². The molecule has 1 fully saturated rings. The summed E-state index contributed by atoms with van der Waals surface area (Å²) in [7, 11) is -2.82. The second-order valence-corrected chi connectivity index (χ2v) is 9.06. The number of esters is 1. The first kappa shape index (κ1) is 19.5. The number of carbonyl (C=O) groups is 1. The Balaban J connectivity index is 1.61. The molecule has 29 heavy (non-hydrogen) atoms. The predicted octanol–water partition coefficient (Wildman–Crippen LogP) is 3.02. The topological polar surface area (TPSA) is 116 Å². The molecule has 0 saturated heterocycles. The molecule has 0 aliphatic heterocycles. The number of hydrogen-bond acceptors (Lipinski definition) is 7. The van der Waals surface area contributed by atoms with Gasteiger partial charge in [0.15, 0.2) is 5.82 Å². The number of methoxy groups -OCH3 is 1. The molecule has 0 unspecified atom stereocenters. The number of ether oxygens (including phenoxy) is 1. The molecule has 0 radical (unpaired) electrons. The standard InChI is InChI=1S/C18H16BrN5O4S/c1-28-18(25)15-10-12(19)4-9-16(15)29(26,27)21-13-5-2-11(3-6-13)17-20-22-23-24(17)14-7-8-14/h2-6,9-10,14,21H,7-8H2,1H3. The van der Waals surface area contributed by atoms with Crippen molar-refractivity contribution in [2.75, 3.05) is 11.8 Å². The zero-order valence-electron chi connectivity index (χ0n) is 15.2. The molecule has 0 atom stereocenters. The van der Waals surface area contributed by atoms with Crippen LogP contribution in [0.1, 0.15) is 29.2 Å². The van der Waals surface area contributed by atoms with Crippen LogP contribution in [0.25, 0.3) is 11.4 Å². The van der Waals surface area contributed by atoms with Crippen LogP contribution in [0.15, 0.2) is 51.8 Å².